The molecule has 1 aliphatic rings. The van der Waals surface area contributed by atoms with Crippen molar-refractivity contribution in [3.8, 4) is 0 Å². The van der Waals surface area contributed by atoms with Crippen molar-refractivity contribution in [1.29, 1.82) is 0 Å². The predicted octanol–water partition coefficient (Wildman–Crippen LogP) is 0.685. The molecule has 0 amide bonds. The van der Waals surface area contributed by atoms with Gasteiger partial charge in [0.25, 0.3) is 0 Å². The largest absolute Gasteiger partial charge is 0.468 e. The summed E-state index contributed by atoms with van der Waals surface area (Å²) < 4.78 is 4.71. The maximum absolute atomic E-state index is 11.4. The molecule has 1 aliphatic heterocycles. The molecule has 5 heteroatoms. The van der Waals surface area contributed by atoms with Crippen LogP contribution in [0.1, 0.15) is 33.1 Å². The molecule has 0 aromatic rings. The lowest BCUT2D eigenvalue weighted by molar-refractivity contribution is -0.146. The molecular weight excluding hydrogens is 242 g/mol. The second-order valence-electron chi connectivity index (χ2n) is 5.64. The molecule has 0 bridgehead atoms. The van der Waals surface area contributed by atoms with Gasteiger partial charge in [-0.15, -0.1) is 0 Å². The third-order valence-corrected chi connectivity index (χ3v) is 3.98. The topological polar surface area (TPSA) is 58.8 Å². The van der Waals surface area contributed by atoms with Crippen molar-refractivity contribution in [3.63, 3.8) is 0 Å². The Hall–Kier alpha value is -0.650. The van der Waals surface area contributed by atoms with Gasteiger partial charge in [0.15, 0.2) is 0 Å². The Bertz CT molecular complexity index is 274. The van der Waals surface area contributed by atoms with E-state index >= 15 is 0 Å². The van der Waals surface area contributed by atoms with Gasteiger partial charge in [0, 0.05) is 26.2 Å². The molecule has 1 heterocycles. The first-order chi connectivity index (χ1) is 8.99. The van der Waals surface area contributed by atoms with E-state index in [0.717, 1.165) is 39.0 Å². The average molecular weight is 271 g/mol. The van der Waals surface area contributed by atoms with Crippen LogP contribution in [0.5, 0.6) is 0 Å². The van der Waals surface area contributed by atoms with Crippen LogP contribution in [0.3, 0.4) is 0 Å². The maximum Gasteiger partial charge on any atom is 0.325 e. The van der Waals surface area contributed by atoms with Gasteiger partial charge in [0.05, 0.1) is 7.11 Å². The minimum Gasteiger partial charge on any atom is -0.468 e. The van der Waals surface area contributed by atoms with Crippen molar-refractivity contribution in [2.75, 3.05) is 46.4 Å². The highest BCUT2D eigenvalue weighted by Crippen LogP contribution is 2.13. The zero-order chi connectivity index (χ0) is 14.3. The molecule has 5 nitrogen and oxygen atoms in total. The van der Waals surface area contributed by atoms with Gasteiger partial charge in [-0.05, 0) is 39.3 Å². The number of likely N-dealkylation sites (N-methyl/N-ethyl adjacent to an activating group) is 1. The van der Waals surface area contributed by atoms with Crippen LogP contribution in [0, 0.1) is 0 Å². The number of carbonyl (C=O) groups excluding carboxylic acids is 1. The number of hydrogen-bond acceptors (Lipinski definition) is 5. The smallest absolute Gasteiger partial charge is 0.325 e. The Kier molecular flexibility index (Phi) is 6.75. The van der Waals surface area contributed by atoms with Gasteiger partial charge in [-0.2, -0.15) is 0 Å². The van der Waals surface area contributed by atoms with Crippen LogP contribution >= 0.6 is 0 Å². The van der Waals surface area contributed by atoms with Crippen molar-refractivity contribution in [1.82, 2.24) is 9.80 Å². The van der Waals surface area contributed by atoms with E-state index in [1.54, 1.807) is 6.92 Å². The fourth-order valence-electron chi connectivity index (χ4n) is 2.49. The normalized spacial score (nSPS) is 21.1. The molecule has 0 saturated carbocycles. The number of nitrogens with zero attached hydrogens (tertiary/aromatic N) is 2. The van der Waals surface area contributed by atoms with Crippen LogP contribution in [0.25, 0.3) is 0 Å². The van der Waals surface area contributed by atoms with Crippen molar-refractivity contribution < 1.29 is 9.53 Å². The van der Waals surface area contributed by atoms with Gasteiger partial charge in [0.2, 0.25) is 0 Å². The minimum atomic E-state index is -0.838. The lowest BCUT2D eigenvalue weighted by Gasteiger charge is -2.34. The quantitative estimate of drug-likeness (QED) is 0.545. The molecule has 2 N–H and O–H groups in total. The SMILES string of the molecule is CCN1CCN(CCCCC(C)(N)C(=O)OC)CC1. The lowest BCUT2D eigenvalue weighted by atomic mass is 9.96. The molecule has 0 spiro atoms. The highest BCUT2D eigenvalue weighted by atomic mass is 16.5. The summed E-state index contributed by atoms with van der Waals surface area (Å²) in [5.41, 5.74) is 5.09. The van der Waals surface area contributed by atoms with Crippen LogP contribution in [0.2, 0.25) is 0 Å². The number of hydrogen-bond donors (Lipinski definition) is 1. The predicted molar refractivity (Wildman–Crippen MR) is 77.0 cm³/mol. The molecule has 1 saturated heterocycles. The van der Waals surface area contributed by atoms with Gasteiger partial charge >= 0.3 is 5.97 Å². The summed E-state index contributed by atoms with van der Waals surface area (Å²) in [6.07, 6.45) is 2.75. The third-order valence-electron chi connectivity index (χ3n) is 3.98. The summed E-state index contributed by atoms with van der Waals surface area (Å²) in [5, 5.41) is 0. The number of piperazine rings is 1. The second kappa shape index (κ2) is 7.82. The molecular formula is C14H29N3O2. The number of methoxy groups -OCH3 is 1. The summed E-state index contributed by atoms with van der Waals surface area (Å²) in [4.78, 5) is 16.4. The highest BCUT2D eigenvalue weighted by Gasteiger charge is 2.28. The molecule has 112 valence electrons. The number of nitrogens with two attached hydrogens (primary N) is 1. The molecule has 1 unspecified atom stereocenters. The Labute approximate surface area is 117 Å². The average Bonchev–Trinajstić information content (AvgIpc) is 2.43. The summed E-state index contributed by atoms with van der Waals surface area (Å²) in [5.74, 6) is -0.316. The van der Waals surface area contributed by atoms with Crippen molar-refractivity contribution >= 4 is 5.97 Å². The molecule has 1 fully saturated rings. The van der Waals surface area contributed by atoms with Gasteiger partial charge in [0.1, 0.15) is 5.54 Å². The van der Waals surface area contributed by atoms with E-state index < -0.39 is 5.54 Å². The van der Waals surface area contributed by atoms with Crippen LogP contribution < -0.4 is 5.73 Å². The summed E-state index contributed by atoms with van der Waals surface area (Å²) >= 11 is 0. The van der Waals surface area contributed by atoms with Crippen LogP contribution in [0.4, 0.5) is 0 Å². The van der Waals surface area contributed by atoms with Gasteiger partial charge in [-0.3, -0.25) is 4.79 Å². The van der Waals surface area contributed by atoms with Crippen LogP contribution in [-0.4, -0.2) is 67.7 Å². The monoisotopic (exact) mass is 271 g/mol. The molecule has 0 aromatic heterocycles. The van der Waals surface area contributed by atoms with E-state index in [-0.39, 0.29) is 5.97 Å². The first-order valence-corrected chi connectivity index (χ1v) is 7.31. The first-order valence-electron chi connectivity index (χ1n) is 7.31. The van der Waals surface area contributed by atoms with E-state index in [4.69, 9.17) is 10.5 Å². The van der Waals surface area contributed by atoms with Gasteiger partial charge in [-0.25, -0.2) is 0 Å². The summed E-state index contributed by atoms with van der Waals surface area (Å²) in [6, 6.07) is 0. The van der Waals surface area contributed by atoms with E-state index in [9.17, 15) is 4.79 Å². The van der Waals surface area contributed by atoms with E-state index in [1.165, 1.54) is 20.2 Å². The Morgan fingerprint density at radius 3 is 2.32 bits per heavy atom. The summed E-state index contributed by atoms with van der Waals surface area (Å²) in [6.45, 7) is 10.9. The Balaban J connectivity index is 2.13. The van der Waals surface area contributed by atoms with Crippen LogP contribution in [0.15, 0.2) is 0 Å². The van der Waals surface area contributed by atoms with E-state index in [1.807, 2.05) is 0 Å². The summed E-state index contributed by atoms with van der Waals surface area (Å²) in [7, 11) is 1.39. The van der Waals surface area contributed by atoms with Crippen molar-refractivity contribution in [2.45, 2.75) is 38.6 Å². The van der Waals surface area contributed by atoms with Crippen molar-refractivity contribution in [3.05, 3.63) is 0 Å². The highest BCUT2D eigenvalue weighted by molar-refractivity contribution is 5.79. The minimum absolute atomic E-state index is 0.316. The second-order valence-corrected chi connectivity index (χ2v) is 5.64. The molecule has 0 radical (unpaired) electrons. The molecule has 0 aliphatic carbocycles. The zero-order valence-corrected chi connectivity index (χ0v) is 12.7. The Morgan fingerprint density at radius 2 is 1.79 bits per heavy atom. The maximum atomic E-state index is 11.4. The van der Waals surface area contributed by atoms with E-state index in [0.29, 0.717) is 6.42 Å². The van der Waals surface area contributed by atoms with Crippen molar-refractivity contribution in [2.24, 2.45) is 5.73 Å². The zero-order valence-electron chi connectivity index (χ0n) is 12.7. The third kappa shape index (κ3) is 5.47. The number of rotatable bonds is 7. The van der Waals surface area contributed by atoms with Crippen LogP contribution in [-0.2, 0) is 9.53 Å². The van der Waals surface area contributed by atoms with E-state index in [2.05, 4.69) is 16.7 Å². The molecule has 1 rings (SSSR count). The lowest BCUT2D eigenvalue weighted by Crippen LogP contribution is -2.47. The van der Waals surface area contributed by atoms with Gasteiger partial charge in [-0.1, -0.05) is 6.92 Å². The molecule has 19 heavy (non-hydrogen) atoms. The number of unbranched alkanes of at least 4 members (excludes halogenated alkanes) is 1. The number of ether oxygens (including phenoxy) is 1. The fraction of sp³-hybridized carbons (Fsp3) is 0.929. The fourth-order valence-corrected chi connectivity index (χ4v) is 2.49. The number of carbonyl (C=O) groups is 1. The first kappa shape index (κ1) is 16.4. The Morgan fingerprint density at radius 1 is 1.21 bits per heavy atom. The molecule has 0 aromatic carbocycles. The number of esters is 1. The molecule has 1 atom stereocenters. The standard InChI is InChI=1S/C14H29N3O2/c1-4-16-9-11-17(12-10-16)8-6-5-7-14(2,15)13(18)19-3/h4-12,15H2,1-3H3. The van der Waals surface area contributed by atoms with Gasteiger partial charge < -0.3 is 20.3 Å².